The summed E-state index contributed by atoms with van der Waals surface area (Å²) < 4.78 is 1.04. The van der Waals surface area contributed by atoms with E-state index in [9.17, 15) is 9.59 Å². The molecule has 0 saturated heterocycles. The molecule has 162 valence electrons. The number of nitrogens with one attached hydrogen (secondary N) is 1. The highest BCUT2D eigenvalue weighted by Crippen LogP contribution is 2.18. The van der Waals surface area contributed by atoms with Gasteiger partial charge in [-0.3, -0.25) is 9.59 Å². The topological polar surface area (TPSA) is 49.4 Å². The Kier molecular flexibility index (Phi) is 8.98. The third-order valence-corrected chi connectivity index (χ3v) is 6.03. The predicted octanol–water partition coefficient (Wildman–Crippen LogP) is 5.32. The van der Waals surface area contributed by atoms with E-state index in [1.54, 1.807) is 23.6 Å². The Bertz CT molecular complexity index is 862. The van der Waals surface area contributed by atoms with E-state index in [-0.39, 0.29) is 17.4 Å². The number of hydrogen-bond donors (Lipinski definition) is 1. The van der Waals surface area contributed by atoms with E-state index in [4.69, 9.17) is 0 Å². The quantitative estimate of drug-likeness (QED) is 0.544. The van der Waals surface area contributed by atoms with E-state index in [2.05, 4.69) is 27.3 Å². The summed E-state index contributed by atoms with van der Waals surface area (Å²) in [7, 11) is 0. The van der Waals surface area contributed by atoms with E-state index in [1.165, 1.54) is 5.56 Å². The molecule has 0 unspecified atom stereocenters. The second-order valence-electron chi connectivity index (χ2n) is 8.55. The summed E-state index contributed by atoms with van der Waals surface area (Å²) in [5.41, 5.74) is 2.98. The maximum absolute atomic E-state index is 13.1. The molecular weight excluding hydrogens is 460 g/mol. The molecule has 2 aromatic rings. The Morgan fingerprint density at radius 3 is 2.37 bits per heavy atom. The summed E-state index contributed by atoms with van der Waals surface area (Å²) in [5.74, 6) is 0.908. The van der Waals surface area contributed by atoms with Gasteiger partial charge in [-0.1, -0.05) is 57.9 Å². The Hall–Kier alpha value is -1.79. The lowest BCUT2D eigenvalue weighted by Crippen LogP contribution is -2.52. The summed E-state index contributed by atoms with van der Waals surface area (Å²) in [4.78, 5) is 27.6. The van der Waals surface area contributed by atoms with E-state index in [1.807, 2.05) is 70.2 Å². The van der Waals surface area contributed by atoms with Gasteiger partial charge in [-0.05, 0) is 57.9 Å². The molecule has 1 atom stereocenters. The number of rotatable bonds is 8. The highest BCUT2D eigenvalue weighted by molar-refractivity contribution is 9.10. The minimum Gasteiger partial charge on any atom is -0.350 e. The minimum absolute atomic E-state index is 0.0322. The first kappa shape index (κ1) is 24.5. The van der Waals surface area contributed by atoms with Gasteiger partial charge < -0.3 is 10.2 Å². The van der Waals surface area contributed by atoms with Gasteiger partial charge in [0.25, 0.3) is 0 Å². The Morgan fingerprint density at radius 1 is 1.10 bits per heavy atom. The number of aryl methyl sites for hydroxylation is 1. The number of thioether (sulfide) groups is 1. The van der Waals surface area contributed by atoms with Crippen molar-refractivity contribution >= 4 is 39.5 Å². The van der Waals surface area contributed by atoms with Crippen LogP contribution in [0.25, 0.3) is 0 Å². The lowest BCUT2D eigenvalue weighted by atomic mass is 10.1. The highest BCUT2D eigenvalue weighted by atomic mass is 79.9. The van der Waals surface area contributed by atoms with Crippen molar-refractivity contribution < 1.29 is 9.59 Å². The van der Waals surface area contributed by atoms with E-state index >= 15 is 0 Å². The van der Waals surface area contributed by atoms with E-state index in [0.29, 0.717) is 12.3 Å². The molecule has 0 bridgehead atoms. The van der Waals surface area contributed by atoms with Gasteiger partial charge in [-0.25, -0.2) is 0 Å². The zero-order chi connectivity index (χ0) is 22.3. The average Bonchev–Trinajstić information content (AvgIpc) is 2.65. The average molecular weight is 491 g/mol. The molecule has 6 heteroatoms. The molecule has 0 spiro atoms. The van der Waals surface area contributed by atoms with Crippen molar-refractivity contribution in [2.45, 2.75) is 58.5 Å². The number of carbonyl (C=O) groups excluding carboxylic acids is 2. The molecule has 4 nitrogen and oxygen atoms in total. The molecule has 2 amide bonds. The zero-order valence-corrected chi connectivity index (χ0v) is 20.8. The second kappa shape index (κ2) is 11.0. The standard InChI is InChI=1S/C24H31BrN2O2S/c1-17-7-6-8-20(13-17)14-27(18(2)23(29)26-24(3,4)5)22(28)16-30-15-19-9-11-21(25)12-10-19/h6-13,18H,14-16H2,1-5H3,(H,26,29)/t18-/m0/s1. The first-order valence-corrected chi connectivity index (χ1v) is 12.0. The summed E-state index contributed by atoms with van der Waals surface area (Å²) in [6, 6.07) is 15.6. The molecule has 2 rings (SSSR count). The molecule has 1 N–H and O–H groups in total. The number of halogens is 1. The lowest BCUT2D eigenvalue weighted by Gasteiger charge is -2.31. The lowest BCUT2D eigenvalue weighted by molar-refractivity contribution is -0.139. The third-order valence-electron chi connectivity index (χ3n) is 4.51. The van der Waals surface area contributed by atoms with Gasteiger partial charge >= 0.3 is 0 Å². The first-order valence-electron chi connectivity index (χ1n) is 10.0. The van der Waals surface area contributed by atoms with Crippen molar-refractivity contribution in [2.24, 2.45) is 0 Å². The van der Waals surface area contributed by atoms with Gasteiger partial charge in [0, 0.05) is 22.3 Å². The molecule has 2 aromatic carbocycles. The maximum Gasteiger partial charge on any atom is 0.242 e. The highest BCUT2D eigenvalue weighted by Gasteiger charge is 2.28. The Morgan fingerprint density at radius 2 is 1.77 bits per heavy atom. The largest absolute Gasteiger partial charge is 0.350 e. The van der Waals surface area contributed by atoms with Crippen molar-refractivity contribution in [2.75, 3.05) is 5.75 Å². The van der Waals surface area contributed by atoms with Crippen LogP contribution in [-0.2, 0) is 21.9 Å². The van der Waals surface area contributed by atoms with Crippen LogP contribution in [0.4, 0.5) is 0 Å². The normalized spacial score (nSPS) is 12.3. The van der Waals surface area contributed by atoms with Gasteiger partial charge in [0.1, 0.15) is 6.04 Å². The molecule has 0 aromatic heterocycles. The van der Waals surface area contributed by atoms with Crippen LogP contribution in [0.5, 0.6) is 0 Å². The van der Waals surface area contributed by atoms with Gasteiger partial charge in [-0.15, -0.1) is 11.8 Å². The third kappa shape index (κ3) is 8.15. The van der Waals surface area contributed by atoms with Crippen LogP contribution in [0.3, 0.4) is 0 Å². The fraction of sp³-hybridized carbons (Fsp3) is 0.417. The zero-order valence-electron chi connectivity index (χ0n) is 18.4. The van der Waals surface area contributed by atoms with Crippen molar-refractivity contribution in [3.63, 3.8) is 0 Å². The molecule has 30 heavy (non-hydrogen) atoms. The van der Waals surface area contributed by atoms with Crippen molar-refractivity contribution in [1.29, 1.82) is 0 Å². The van der Waals surface area contributed by atoms with Crippen molar-refractivity contribution in [1.82, 2.24) is 10.2 Å². The van der Waals surface area contributed by atoms with Crippen molar-refractivity contribution in [3.05, 3.63) is 69.7 Å². The summed E-state index contributed by atoms with van der Waals surface area (Å²) in [6.45, 7) is 10.1. The number of nitrogens with zero attached hydrogens (tertiary/aromatic N) is 1. The molecule has 0 saturated carbocycles. The molecular formula is C24H31BrN2O2S. The molecule has 0 fully saturated rings. The van der Waals surface area contributed by atoms with Crippen molar-refractivity contribution in [3.8, 4) is 0 Å². The van der Waals surface area contributed by atoms with Gasteiger partial charge in [0.15, 0.2) is 0 Å². The molecule has 0 heterocycles. The maximum atomic E-state index is 13.1. The smallest absolute Gasteiger partial charge is 0.242 e. The van der Waals surface area contributed by atoms with Crippen LogP contribution in [0.2, 0.25) is 0 Å². The predicted molar refractivity (Wildman–Crippen MR) is 129 cm³/mol. The molecule has 0 aliphatic carbocycles. The fourth-order valence-corrected chi connectivity index (χ4v) is 4.12. The van der Waals surface area contributed by atoms with Gasteiger partial charge in [0.2, 0.25) is 11.8 Å². The molecule has 0 aliphatic heterocycles. The van der Waals surface area contributed by atoms with Gasteiger partial charge in [0.05, 0.1) is 5.75 Å². The van der Waals surface area contributed by atoms with E-state index < -0.39 is 6.04 Å². The first-order chi connectivity index (χ1) is 14.0. The number of hydrogen-bond acceptors (Lipinski definition) is 3. The van der Waals surface area contributed by atoms with Crippen LogP contribution in [0.1, 0.15) is 44.4 Å². The summed E-state index contributed by atoms with van der Waals surface area (Å²) in [6.07, 6.45) is 0. The van der Waals surface area contributed by atoms with Crippen LogP contribution >= 0.6 is 27.7 Å². The summed E-state index contributed by atoms with van der Waals surface area (Å²) in [5, 5.41) is 2.99. The van der Waals surface area contributed by atoms with Crippen LogP contribution < -0.4 is 5.32 Å². The molecule has 0 radical (unpaired) electrons. The SMILES string of the molecule is Cc1cccc(CN(C(=O)CSCc2ccc(Br)cc2)[C@@H](C)C(=O)NC(C)(C)C)c1. The number of carbonyl (C=O) groups is 2. The van der Waals surface area contributed by atoms with Crippen LogP contribution in [0.15, 0.2) is 53.0 Å². The Balaban J connectivity index is 2.09. The molecule has 0 aliphatic rings. The fourth-order valence-electron chi connectivity index (χ4n) is 2.98. The summed E-state index contributed by atoms with van der Waals surface area (Å²) >= 11 is 5.00. The van der Waals surface area contributed by atoms with Crippen LogP contribution in [0, 0.1) is 6.92 Å². The van der Waals surface area contributed by atoms with Crippen LogP contribution in [-0.4, -0.2) is 34.0 Å². The minimum atomic E-state index is -0.550. The number of amides is 2. The van der Waals surface area contributed by atoms with Gasteiger partial charge in [-0.2, -0.15) is 0 Å². The second-order valence-corrected chi connectivity index (χ2v) is 10.4. The number of benzene rings is 2. The van der Waals surface area contributed by atoms with E-state index in [0.717, 1.165) is 21.4 Å². The monoisotopic (exact) mass is 490 g/mol. The Labute approximate surface area is 192 Å².